The standard InChI is InChI=1S/C15H24N2O4/c1-3-4-9-21-10-5-8-16-12-13-11-14(17(18)19)6-7-15(13)20-2/h6-7,11,16H,3-5,8-10,12H2,1-2H3. The average Bonchev–Trinajstić information content (AvgIpc) is 2.49. The Morgan fingerprint density at radius 2 is 2.05 bits per heavy atom. The van der Waals surface area contributed by atoms with Gasteiger partial charge in [0.25, 0.3) is 5.69 Å². The summed E-state index contributed by atoms with van der Waals surface area (Å²) in [5.41, 5.74) is 0.870. The Bertz CT molecular complexity index is 438. The Labute approximate surface area is 125 Å². The van der Waals surface area contributed by atoms with Gasteiger partial charge < -0.3 is 14.8 Å². The van der Waals surface area contributed by atoms with Gasteiger partial charge in [-0.15, -0.1) is 0 Å². The Balaban J connectivity index is 2.33. The molecule has 0 heterocycles. The number of non-ortho nitro benzene ring substituents is 1. The highest BCUT2D eigenvalue weighted by Gasteiger charge is 2.10. The van der Waals surface area contributed by atoms with E-state index < -0.39 is 4.92 Å². The van der Waals surface area contributed by atoms with E-state index in [1.54, 1.807) is 19.2 Å². The average molecular weight is 296 g/mol. The Hall–Kier alpha value is -1.66. The Morgan fingerprint density at radius 1 is 1.29 bits per heavy atom. The normalized spacial score (nSPS) is 10.6. The second-order valence-electron chi connectivity index (χ2n) is 4.75. The fourth-order valence-corrected chi connectivity index (χ4v) is 1.89. The van der Waals surface area contributed by atoms with Crippen molar-refractivity contribution in [3.05, 3.63) is 33.9 Å². The highest BCUT2D eigenvalue weighted by Crippen LogP contribution is 2.23. The van der Waals surface area contributed by atoms with Crippen LogP contribution in [-0.2, 0) is 11.3 Å². The molecule has 1 aromatic rings. The highest BCUT2D eigenvalue weighted by atomic mass is 16.6. The molecule has 0 aliphatic heterocycles. The number of hydrogen-bond donors (Lipinski definition) is 1. The number of benzene rings is 1. The molecule has 0 saturated carbocycles. The molecule has 0 bridgehead atoms. The Kier molecular flexibility index (Phi) is 8.38. The van der Waals surface area contributed by atoms with Gasteiger partial charge in [0.05, 0.1) is 12.0 Å². The van der Waals surface area contributed by atoms with Gasteiger partial charge in [-0.05, 0) is 25.5 Å². The molecule has 0 fully saturated rings. The van der Waals surface area contributed by atoms with Crippen molar-refractivity contribution in [1.82, 2.24) is 5.32 Å². The molecule has 0 radical (unpaired) electrons. The lowest BCUT2D eigenvalue weighted by Gasteiger charge is -2.09. The third-order valence-corrected chi connectivity index (χ3v) is 3.07. The van der Waals surface area contributed by atoms with Crippen LogP contribution in [0.2, 0.25) is 0 Å². The molecular formula is C15H24N2O4. The van der Waals surface area contributed by atoms with E-state index >= 15 is 0 Å². The fraction of sp³-hybridized carbons (Fsp3) is 0.600. The molecule has 0 aliphatic carbocycles. The minimum atomic E-state index is -0.398. The molecule has 0 aromatic heterocycles. The summed E-state index contributed by atoms with van der Waals surface area (Å²) in [6.07, 6.45) is 3.16. The Morgan fingerprint density at radius 3 is 2.71 bits per heavy atom. The molecule has 118 valence electrons. The molecule has 0 saturated heterocycles. The van der Waals surface area contributed by atoms with Gasteiger partial charge in [-0.3, -0.25) is 10.1 Å². The number of ether oxygens (including phenoxy) is 2. The summed E-state index contributed by atoms with van der Waals surface area (Å²) in [5, 5.41) is 14.0. The molecule has 6 heteroatoms. The molecule has 0 unspecified atom stereocenters. The van der Waals surface area contributed by atoms with Crippen LogP contribution >= 0.6 is 0 Å². The van der Waals surface area contributed by atoms with Crippen LogP contribution in [-0.4, -0.2) is 31.8 Å². The molecule has 0 amide bonds. The van der Waals surface area contributed by atoms with Crippen molar-refractivity contribution >= 4 is 5.69 Å². The summed E-state index contributed by atoms with van der Waals surface area (Å²) in [6.45, 7) is 5.03. The van der Waals surface area contributed by atoms with Crippen LogP contribution in [0.3, 0.4) is 0 Å². The largest absolute Gasteiger partial charge is 0.496 e. The molecule has 6 nitrogen and oxygen atoms in total. The summed E-state index contributed by atoms with van der Waals surface area (Å²) in [6, 6.07) is 4.62. The van der Waals surface area contributed by atoms with Gasteiger partial charge in [0.15, 0.2) is 0 Å². The summed E-state index contributed by atoms with van der Waals surface area (Å²) < 4.78 is 10.7. The van der Waals surface area contributed by atoms with Crippen molar-refractivity contribution in [2.45, 2.75) is 32.7 Å². The number of nitrogens with one attached hydrogen (secondary N) is 1. The predicted molar refractivity (Wildman–Crippen MR) is 81.7 cm³/mol. The smallest absolute Gasteiger partial charge is 0.270 e. The summed E-state index contributed by atoms with van der Waals surface area (Å²) in [5.74, 6) is 0.660. The monoisotopic (exact) mass is 296 g/mol. The summed E-state index contributed by atoms with van der Waals surface area (Å²) in [7, 11) is 1.56. The van der Waals surface area contributed by atoms with Gasteiger partial charge in [-0.25, -0.2) is 0 Å². The van der Waals surface area contributed by atoms with Crippen LogP contribution in [0.1, 0.15) is 31.7 Å². The van der Waals surface area contributed by atoms with Crippen LogP contribution in [0.4, 0.5) is 5.69 Å². The minimum Gasteiger partial charge on any atom is -0.496 e. The molecule has 0 aliphatic rings. The van der Waals surface area contributed by atoms with Gasteiger partial charge in [-0.2, -0.15) is 0 Å². The van der Waals surface area contributed by atoms with Crippen LogP contribution in [0, 0.1) is 10.1 Å². The zero-order valence-corrected chi connectivity index (χ0v) is 12.8. The number of rotatable bonds is 11. The van der Waals surface area contributed by atoms with Crippen molar-refractivity contribution in [2.75, 3.05) is 26.9 Å². The molecule has 0 spiro atoms. The third kappa shape index (κ3) is 6.55. The van der Waals surface area contributed by atoms with Crippen LogP contribution in [0.25, 0.3) is 0 Å². The highest BCUT2D eigenvalue weighted by molar-refractivity contribution is 5.43. The van der Waals surface area contributed by atoms with E-state index in [0.717, 1.165) is 44.6 Å². The van der Waals surface area contributed by atoms with Crippen molar-refractivity contribution in [3.8, 4) is 5.75 Å². The topological polar surface area (TPSA) is 73.6 Å². The number of nitro groups is 1. The fourth-order valence-electron chi connectivity index (χ4n) is 1.89. The van der Waals surface area contributed by atoms with E-state index in [2.05, 4.69) is 12.2 Å². The van der Waals surface area contributed by atoms with Crippen LogP contribution < -0.4 is 10.1 Å². The van der Waals surface area contributed by atoms with Crippen molar-refractivity contribution < 1.29 is 14.4 Å². The zero-order chi connectivity index (χ0) is 15.5. The van der Waals surface area contributed by atoms with Crippen molar-refractivity contribution in [2.24, 2.45) is 0 Å². The zero-order valence-electron chi connectivity index (χ0n) is 12.8. The van der Waals surface area contributed by atoms with Crippen LogP contribution in [0.15, 0.2) is 18.2 Å². The number of nitrogens with zero attached hydrogens (tertiary/aromatic N) is 1. The first-order chi connectivity index (χ1) is 10.2. The predicted octanol–water partition coefficient (Wildman–Crippen LogP) is 2.90. The van der Waals surface area contributed by atoms with E-state index in [0.29, 0.717) is 12.3 Å². The van der Waals surface area contributed by atoms with Gasteiger partial charge >= 0.3 is 0 Å². The number of unbranched alkanes of at least 4 members (excludes halogenated alkanes) is 1. The summed E-state index contributed by atoms with van der Waals surface area (Å²) >= 11 is 0. The summed E-state index contributed by atoms with van der Waals surface area (Å²) in [4.78, 5) is 10.4. The number of nitro benzene ring substituents is 1. The quantitative estimate of drug-likeness (QED) is 0.386. The maximum atomic E-state index is 10.8. The molecule has 1 aromatic carbocycles. The van der Waals surface area contributed by atoms with E-state index in [4.69, 9.17) is 9.47 Å². The first-order valence-corrected chi connectivity index (χ1v) is 7.28. The SMILES string of the molecule is CCCCOCCCNCc1cc([N+](=O)[O-])ccc1OC. The van der Waals surface area contributed by atoms with Gasteiger partial charge in [0.1, 0.15) is 5.75 Å². The lowest BCUT2D eigenvalue weighted by molar-refractivity contribution is -0.384. The lowest BCUT2D eigenvalue weighted by atomic mass is 10.1. The molecule has 1 N–H and O–H groups in total. The van der Waals surface area contributed by atoms with E-state index in [-0.39, 0.29) is 5.69 Å². The van der Waals surface area contributed by atoms with Crippen molar-refractivity contribution in [1.29, 1.82) is 0 Å². The van der Waals surface area contributed by atoms with E-state index in [1.165, 1.54) is 6.07 Å². The van der Waals surface area contributed by atoms with Gasteiger partial charge in [-0.1, -0.05) is 13.3 Å². The molecular weight excluding hydrogens is 272 g/mol. The molecule has 1 rings (SSSR count). The maximum Gasteiger partial charge on any atom is 0.270 e. The maximum absolute atomic E-state index is 10.8. The minimum absolute atomic E-state index is 0.0792. The van der Waals surface area contributed by atoms with E-state index in [9.17, 15) is 10.1 Å². The van der Waals surface area contributed by atoms with Gasteiger partial charge in [0, 0.05) is 37.5 Å². The first kappa shape index (κ1) is 17.4. The third-order valence-electron chi connectivity index (χ3n) is 3.07. The second kappa shape index (κ2) is 10.1. The van der Waals surface area contributed by atoms with Gasteiger partial charge in [0.2, 0.25) is 0 Å². The lowest BCUT2D eigenvalue weighted by Crippen LogP contribution is -2.17. The number of hydrogen-bond acceptors (Lipinski definition) is 5. The molecule has 21 heavy (non-hydrogen) atoms. The molecule has 0 atom stereocenters. The van der Waals surface area contributed by atoms with E-state index in [1.807, 2.05) is 0 Å². The van der Waals surface area contributed by atoms with Crippen LogP contribution in [0.5, 0.6) is 5.75 Å². The number of methoxy groups -OCH3 is 1. The van der Waals surface area contributed by atoms with Crippen molar-refractivity contribution in [3.63, 3.8) is 0 Å². The first-order valence-electron chi connectivity index (χ1n) is 7.28. The second-order valence-corrected chi connectivity index (χ2v) is 4.75.